The van der Waals surface area contributed by atoms with Gasteiger partial charge in [0.25, 0.3) is 0 Å². The maximum atomic E-state index is 6.14. The van der Waals surface area contributed by atoms with Gasteiger partial charge < -0.3 is 10.5 Å². The van der Waals surface area contributed by atoms with Gasteiger partial charge in [-0.15, -0.1) is 0 Å². The van der Waals surface area contributed by atoms with E-state index in [-0.39, 0.29) is 6.04 Å². The van der Waals surface area contributed by atoms with Crippen molar-refractivity contribution in [2.45, 2.75) is 51.2 Å². The Kier molecular flexibility index (Phi) is 4.57. The molecule has 1 aromatic carbocycles. The van der Waals surface area contributed by atoms with Gasteiger partial charge in [-0.3, -0.25) is 0 Å². The molecule has 0 bridgehead atoms. The first kappa shape index (κ1) is 12.6. The van der Waals surface area contributed by atoms with Crippen LogP contribution in [0.15, 0.2) is 24.3 Å². The van der Waals surface area contributed by atoms with E-state index in [4.69, 9.17) is 10.5 Å². The third kappa shape index (κ3) is 3.83. The van der Waals surface area contributed by atoms with Crippen LogP contribution < -0.4 is 5.73 Å². The Balaban J connectivity index is 1.80. The normalized spacial score (nSPS) is 19.2. The quantitative estimate of drug-likeness (QED) is 0.865. The summed E-state index contributed by atoms with van der Waals surface area (Å²) in [5.74, 6) is 0. The second-order valence-electron chi connectivity index (χ2n) is 5.11. The van der Waals surface area contributed by atoms with Gasteiger partial charge >= 0.3 is 0 Å². The summed E-state index contributed by atoms with van der Waals surface area (Å²) in [7, 11) is 0. The van der Waals surface area contributed by atoms with Crippen LogP contribution in [0, 0.1) is 6.92 Å². The molecule has 2 heteroatoms. The number of hydrogen-bond acceptors (Lipinski definition) is 2. The molecule has 0 amide bonds. The molecule has 0 aromatic heterocycles. The highest BCUT2D eigenvalue weighted by Crippen LogP contribution is 2.21. The van der Waals surface area contributed by atoms with Gasteiger partial charge in [-0.05, 0) is 25.3 Å². The number of rotatable bonds is 4. The highest BCUT2D eigenvalue weighted by molar-refractivity contribution is 5.23. The summed E-state index contributed by atoms with van der Waals surface area (Å²) in [5, 5.41) is 0. The van der Waals surface area contributed by atoms with Crippen molar-refractivity contribution >= 4 is 0 Å². The van der Waals surface area contributed by atoms with E-state index in [1.165, 1.54) is 43.2 Å². The van der Waals surface area contributed by atoms with Gasteiger partial charge in [-0.2, -0.15) is 0 Å². The minimum absolute atomic E-state index is 0.0116. The summed E-state index contributed by atoms with van der Waals surface area (Å²) in [6, 6.07) is 8.43. The van der Waals surface area contributed by atoms with Crippen molar-refractivity contribution < 1.29 is 4.74 Å². The molecule has 2 nitrogen and oxygen atoms in total. The molecule has 1 unspecified atom stereocenters. The molecule has 1 fully saturated rings. The third-order valence-corrected chi connectivity index (χ3v) is 3.57. The summed E-state index contributed by atoms with van der Waals surface area (Å²) in [4.78, 5) is 0. The fourth-order valence-corrected chi connectivity index (χ4v) is 2.38. The maximum absolute atomic E-state index is 6.14. The van der Waals surface area contributed by atoms with Gasteiger partial charge in [0.05, 0.1) is 18.8 Å². The molecule has 1 aliphatic carbocycles. The number of nitrogens with two attached hydrogens (primary N) is 1. The Morgan fingerprint density at radius 1 is 1.18 bits per heavy atom. The Hall–Kier alpha value is -0.860. The maximum Gasteiger partial charge on any atom is 0.0663 e. The van der Waals surface area contributed by atoms with Crippen molar-refractivity contribution in [3.05, 3.63) is 35.4 Å². The zero-order valence-corrected chi connectivity index (χ0v) is 10.7. The van der Waals surface area contributed by atoms with Crippen LogP contribution in [-0.4, -0.2) is 12.7 Å². The molecule has 0 spiro atoms. The molecule has 2 N–H and O–H groups in total. The molecule has 17 heavy (non-hydrogen) atoms. The Labute approximate surface area is 104 Å². The van der Waals surface area contributed by atoms with E-state index in [9.17, 15) is 0 Å². The van der Waals surface area contributed by atoms with Gasteiger partial charge in [-0.1, -0.05) is 49.1 Å². The average Bonchev–Trinajstić information content (AvgIpc) is 2.38. The SMILES string of the molecule is Cc1ccc(C(N)COC2CCCCC2)cc1. The second-order valence-corrected chi connectivity index (χ2v) is 5.11. The fraction of sp³-hybridized carbons (Fsp3) is 0.600. The number of ether oxygens (including phenoxy) is 1. The Morgan fingerprint density at radius 2 is 1.82 bits per heavy atom. The summed E-state index contributed by atoms with van der Waals surface area (Å²) < 4.78 is 5.90. The van der Waals surface area contributed by atoms with E-state index in [1.54, 1.807) is 0 Å². The smallest absolute Gasteiger partial charge is 0.0663 e. The first-order valence-electron chi connectivity index (χ1n) is 6.69. The Bertz CT molecular complexity index is 327. The Morgan fingerprint density at radius 3 is 2.47 bits per heavy atom. The van der Waals surface area contributed by atoms with Crippen molar-refractivity contribution in [1.82, 2.24) is 0 Å². The molecule has 1 atom stereocenters. The zero-order valence-electron chi connectivity index (χ0n) is 10.7. The fourth-order valence-electron chi connectivity index (χ4n) is 2.38. The van der Waals surface area contributed by atoms with Gasteiger partial charge in [0.2, 0.25) is 0 Å². The lowest BCUT2D eigenvalue weighted by molar-refractivity contribution is 0.0206. The lowest BCUT2D eigenvalue weighted by Gasteiger charge is -2.24. The molecule has 0 heterocycles. The second kappa shape index (κ2) is 6.18. The van der Waals surface area contributed by atoms with Crippen LogP contribution in [-0.2, 0) is 4.74 Å². The van der Waals surface area contributed by atoms with Crippen LogP contribution in [0.25, 0.3) is 0 Å². The van der Waals surface area contributed by atoms with Crippen LogP contribution in [0.1, 0.15) is 49.3 Å². The number of aryl methyl sites for hydroxylation is 1. The number of benzene rings is 1. The van der Waals surface area contributed by atoms with E-state index < -0.39 is 0 Å². The first-order valence-corrected chi connectivity index (χ1v) is 6.69. The summed E-state index contributed by atoms with van der Waals surface area (Å²) in [6.45, 7) is 2.74. The molecule has 1 aliphatic rings. The van der Waals surface area contributed by atoms with Gasteiger partial charge in [0, 0.05) is 0 Å². The molecule has 1 saturated carbocycles. The predicted octanol–water partition coefficient (Wildman–Crippen LogP) is 3.34. The highest BCUT2D eigenvalue weighted by atomic mass is 16.5. The van der Waals surface area contributed by atoms with Crippen molar-refractivity contribution in [1.29, 1.82) is 0 Å². The van der Waals surface area contributed by atoms with Crippen molar-refractivity contribution in [2.75, 3.05) is 6.61 Å². The molecule has 1 aromatic rings. The topological polar surface area (TPSA) is 35.2 Å². The standard InChI is InChI=1S/C15H23NO/c1-12-7-9-13(10-8-12)15(16)11-17-14-5-3-2-4-6-14/h7-10,14-15H,2-6,11,16H2,1H3. The molecule has 0 saturated heterocycles. The summed E-state index contributed by atoms with van der Waals surface area (Å²) in [6.07, 6.45) is 6.85. The van der Waals surface area contributed by atoms with Gasteiger partial charge in [0.15, 0.2) is 0 Å². The van der Waals surface area contributed by atoms with E-state index >= 15 is 0 Å². The molecule has 0 radical (unpaired) electrons. The summed E-state index contributed by atoms with van der Waals surface area (Å²) in [5.41, 5.74) is 8.58. The minimum atomic E-state index is 0.0116. The third-order valence-electron chi connectivity index (χ3n) is 3.57. The molecule has 2 rings (SSSR count). The molecule has 94 valence electrons. The van der Waals surface area contributed by atoms with E-state index in [2.05, 4.69) is 31.2 Å². The van der Waals surface area contributed by atoms with Crippen molar-refractivity contribution in [3.8, 4) is 0 Å². The van der Waals surface area contributed by atoms with Crippen LogP contribution in [0.2, 0.25) is 0 Å². The van der Waals surface area contributed by atoms with Gasteiger partial charge in [0.1, 0.15) is 0 Å². The summed E-state index contributed by atoms with van der Waals surface area (Å²) >= 11 is 0. The van der Waals surface area contributed by atoms with Crippen LogP contribution >= 0.6 is 0 Å². The number of hydrogen-bond donors (Lipinski definition) is 1. The largest absolute Gasteiger partial charge is 0.376 e. The van der Waals surface area contributed by atoms with Crippen molar-refractivity contribution in [2.24, 2.45) is 5.73 Å². The minimum Gasteiger partial charge on any atom is -0.376 e. The molecular formula is C15H23NO. The molecular weight excluding hydrogens is 210 g/mol. The van der Waals surface area contributed by atoms with Crippen molar-refractivity contribution in [3.63, 3.8) is 0 Å². The lowest BCUT2D eigenvalue weighted by atomic mass is 9.97. The predicted molar refractivity (Wildman–Crippen MR) is 70.9 cm³/mol. The van der Waals surface area contributed by atoms with Gasteiger partial charge in [-0.25, -0.2) is 0 Å². The zero-order chi connectivity index (χ0) is 12.1. The van der Waals surface area contributed by atoms with E-state index in [0.717, 1.165) is 0 Å². The van der Waals surface area contributed by atoms with Crippen LogP contribution in [0.3, 0.4) is 0 Å². The lowest BCUT2D eigenvalue weighted by Crippen LogP contribution is -2.23. The highest BCUT2D eigenvalue weighted by Gasteiger charge is 2.15. The van der Waals surface area contributed by atoms with Crippen LogP contribution in [0.5, 0.6) is 0 Å². The van der Waals surface area contributed by atoms with E-state index in [0.29, 0.717) is 12.7 Å². The van der Waals surface area contributed by atoms with E-state index in [1.807, 2.05) is 0 Å². The van der Waals surface area contributed by atoms with Crippen LogP contribution in [0.4, 0.5) is 0 Å². The average molecular weight is 233 g/mol. The molecule has 0 aliphatic heterocycles. The first-order chi connectivity index (χ1) is 8.25. The monoisotopic (exact) mass is 233 g/mol.